The number of carbonyl (C=O) groups is 1. The number of thiazole rings is 1. The second-order valence-corrected chi connectivity index (χ2v) is 6.41. The van der Waals surface area contributed by atoms with Crippen molar-refractivity contribution in [3.63, 3.8) is 0 Å². The van der Waals surface area contributed by atoms with E-state index in [0.29, 0.717) is 5.69 Å². The van der Waals surface area contributed by atoms with E-state index in [2.05, 4.69) is 18.8 Å². The quantitative estimate of drug-likeness (QED) is 0.682. The van der Waals surface area contributed by atoms with E-state index in [0.717, 1.165) is 45.9 Å². The van der Waals surface area contributed by atoms with Crippen LogP contribution in [0.1, 0.15) is 33.5 Å². The van der Waals surface area contributed by atoms with Crippen LogP contribution in [-0.4, -0.2) is 22.8 Å². The Labute approximate surface area is 133 Å². The predicted octanol–water partition coefficient (Wildman–Crippen LogP) is 4.06. The number of carbonyl (C=O) groups excluding carboxylic acids is 1. The van der Waals surface area contributed by atoms with Crippen molar-refractivity contribution < 1.29 is 9.53 Å². The Hall–Kier alpha value is -2.14. The van der Waals surface area contributed by atoms with Gasteiger partial charge in [-0.25, -0.2) is 4.98 Å². The van der Waals surface area contributed by atoms with E-state index in [9.17, 15) is 4.79 Å². The number of benzene rings is 1. The highest BCUT2D eigenvalue weighted by atomic mass is 32.1. The number of aromatic nitrogens is 2. The zero-order valence-electron chi connectivity index (χ0n) is 13.1. The second-order valence-electron chi connectivity index (χ2n) is 5.22. The van der Waals surface area contributed by atoms with Gasteiger partial charge in [0.05, 0.1) is 7.11 Å². The molecule has 4 nitrogen and oxygen atoms in total. The van der Waals surface area contributed by atoms with Crippen LogP contribution >= 0.6 is 11.3 Å². The maximum absolute atomic E-state index is 11.7. The smallest absolute Gasteiger partial charge is 0.195 e. The Balaban J connectivity index is 2.25. The minimum Gasteiger partial charge on any atom is -0.496 e. The molecule has 114 valence electrons. The molecule has 0 saturated carbocycles. The summed E-state index contributed by atoms with van der Waals surface area (Å²) in [7, 11) is 1.65. The standard InChI is InChI=1S/C17H18N2O2S/c1-5-13-11(3)22-17-18-16(14(9-20)19(13)17)12-6-7-15(21-4)10(2)8-12/h6-9H,5H2,1-4H3. The first-order chi connectivity index (χ1) is 10.6. The number of hydrogen-bond acceptors (Lipinski definition) is 4. The number of aryl methyl sites for hydroxylation is 3. The van der Waals surface area contributed by atoms with E-state index in [1.165, 1.54) is 4.88 Å². The normalized spacial score (nSPS) is 11.1. The van der Waals surface area contributed by atoms with Crippen LogP contribution in [0.5, 0.6) is 5.75 Å². The van der Waals surface area contributed by atoms with Gasteiger partial charge in [-0.15, -0.1) is 11.3 Å². The predicted molar refractivity (Wildman–Crippen MR) is 89.3 cm³/mol. The van der Waals surface area contributed by atoms with Crippen molar-refractivity contribution in [2.24, 2.45) is 0 Å². The third-order valence-electron chi connectivity index (χ3n) is 3.92. The van der Waals surface area contributed by atoms with Crippen molar-refractivity contribution in [3.05, 3.63) is 40.0 Å². The number of aldehydes is 1. The van der Waals surface area contributed by atoms with Gasteiger partial charge in [0.15, 0.2) is 11.2 Å². The van der Waals surface area contributed by atoms with Crippen LogP contribution in [0.15, 0.2) is 18.2 Å². The third-order valence-corrected chi connectivity index (χ3v) is 4.92. The molecular weight excluding hydrogens is 296 g/mol. The van der Waals surface area contributed by atoms with E-state index in [4.69, 9.17) is 4.74 Å². The number of ether oxygens (including phenoxy) is 1. The maximum atomic E-state index is 11.7. The zero-order valence-corrected chi connectivity index (χ0v) is 14.0. The lowest BCUT2D eigenvalue weighted by molar-refractivity contribution is 0.111. The molecule has 0 atom stereocenters. The lowest BCUT2D eigenvalue weighted by Crippen LogP contribution is -1.97. The number of imidazole rings is 1. The monoisotopic (exact) mass is 314 g/mol. The number of rotatable bonds is 4. The second kappa shape index (κ2) is 5.57. The molecule has 22 heavy (non-hydrogen) atoms. The van der Waals surface area contributed by atoms with Crippen molar-refractivity contribution in [2.45, 2.75) is 27.2 Å². The highest BCUT2D eigenvalue weighted by molar-refractivity contribution is 7.17. The van der Waals surface area contributed by atoms with Crippen LogP contribution in [0.2, 0.25) is 0 Å². The number of hydrogen-bond donors (Lipinski definition) is 0. The zero-order chi connectivity index (χ0) is 15.9. The lowest BCUT2D eigenvalue weighted by atomic mass is 10.1. The summed E-state index contributed by atoms with van der Waals surface area (Å²) in [6.45, 7) is 6.16. The van der Waals surface area contributed by atoms with Crippen LogP contribution < -0.4 is 4.74 Å². The highest BCUT2D eigenvalue weighted by Crippen LogP contribution is 2.32. The molecule has 0 unspecified atom stereocenters. The summed E-state index contributed by atoms with van der Waals surface area (Å²) in [6.07, 6.45) is 1.78. The van der Waals surface area contributed by atoms with E-state index in [1.54, 1.807) is 18.4 Å². The molecule has 2 heterocycles. The van der Waals surface area contributed by atoms with Crippen molar-refractivity contribution >= 4 is 22.6 Å². The van der Waals surface area contributed by atoms with Gasteiger partial charge in [-0.05, 0) is 44.0 Å². The van der Waals surface area contributed by atoms with E-state index in [1.807, 2.05) is 29.5 Å². The molecule has 2 aromatic heterocycles. The summed E-state index contributed by atoms with van der Waals surface area (Å²) >= 11 is 1.63. The molecule has 0 radical (unpaired) electrons. The maximum Gasteiger partial charge on any atom is 0.195 e. The average molecular weight is 314 g/mol. The van der Waals surface area contributed by atoms with Gasteiger partial charge in [-0.2, -0.15) is 0 Å². The molecule has 3 aromatic rings. The first-order valence-electron chi connectivity index (χ1n) is 7.21. The fourth-order valence-corrected chi connectivity index (χ4v) is 3.91. The molecule has 0 fully saturated rings. The first kappa shape index (κ1) is 14.8. The van der Waals surface area contributed by atoms with E-state index in [-0.39, 0.29) is 0 Å². The van der Waals surface area contributed by atoms with Crippen LogP contribution in [-0.2, 0) is 6.42 Å². The minimum atomic E-state index is 0.626. The van der Waals surface area contributed by atoms with E-state index < -0.39 is 0 Å². The van der Waals surface area contributed by atoms with E-state index >= 15 is 0 Å². The topological polar surface area (TPSA) is 43.6 Å². The third kappa shape index (κ3) is 2.13. The van der Waals surface area contributed by atoms with Crippen molar-refractivity contribution in [3.8, 4) is 17.0 Å². The van der Waals surface area contributed by atoms with Gasteiger partial charge < -0.3 is 4.74 Å². The summed E-state index contributed by atoms with van der Waals surface area (Å²) < 4.78 is 7.28. The van der Waals surface area contributed by atoms with Gasteiger partial charge >= 0.3 is 0 Å². The molecule has 0 N–H and O–H groups in total. The molecule has 0 bridgehead atoms. The molecule has 0 aliphatic carbocycles. The first-order valence-corrected chi connectivity index (χ1v) is 8.03. The fourth-order valence-electron chi connectivity index (χ4n) is 2.85. The number of fused-ring (bicyclic) bond motifs is 1. The Bertz CT molecular complexity index is 861. The number of nitrogens with zero attached hydrogens (tertiary/aromatic N) is 2. The Morgan fingerprint density at radius 1 is 1.36 bits per heavy atom. The summed E-state index contributed by atoms with van der Waals surface area (Å²) in [5.41, 5.74) is 4.49. The summed E-state index contributed by atoms with van der Waals surface area (Å²) in [4.78, 5) is 18.5. The molecule has 0 saturated heterocycles. The summed E-state index contributed by atoms with van der Waals surface area (Å²) in [5, 5.41) is 0. The van der Waals surface area contributed by atoms with Gasteiger partial charge in [-0.1, -0.05) is 6.92 Å². The van der Waals surface area contributed by atoms with Crippen LogP contribution in [0, 0.1) is 13.8 Å². The molecule has 0 aliphatic heterocycles. The Morgan fingerprint density at radius 3 is 2.73 bits per heavy atom. The van der Waals surface area contributed by atoms with Gasteiger partial charge in [0.2, 0.25) is 0 Å². The molecule has 5 heteroatoms. The molecular formula is C17H18N2O2S. The molecule has 0 amide bonds. The van der Waals surface area contributed by atoms with Crippen molar-refractivity contribution in [1.29, 1.82) is 0 Å². The fraction of sp³-hybridized carbons (Fsp3) is 0.294. The lowest BCUT2D eigenvalue weighted by Gasteiger charge is -2.06. The van der Waals surface area contributed by atoms with Crippen LogP contribution in [0.3, 0.4) is 0 Å². The molecule has 0 aliphatic rings. The van der Waals surface area contributed by atoms with Crippen LogP contribution in [0.25, 0.3) is 16.2 Å². The largest absolute Gasteiger partial charge is 0.496 e. The summed E-state index contributed by atoms with van der Waals surface area (Å²) in [6, 6.07) is 5.87. The summed E-state index contributed by atoms with van der Waals surface area (Å²) in [5.74, 6) is 0.836. The van der Waals surface area contributed by atoms with Crippen molar-refractivity contribution in [2.75, 3.05) is 7.11 Å². The number of methoxy groups -OCH3 is 1. The van der Waals surface area contributed by atoms with Crippen LogP contribution in [0.4, 0.5) is 0 Å². The Morgan fingerprint density at radius 2 is 2.14 bits per heavy atom. The average Bonchev–Trinajstić information content (AvgIpc) is 3.00. The van der Waals surface area contributed by atoms with Gasteiger partial charge in [0.1, 0.15) is 17.1 Å². The Kier molecular flexibility index (Phi) is 3.74. The molecule has 0 spiro atoms. The highest BCUT2D eigenvalue weighted by Gasteiger charge is 2.19. The minimum absolute atomic E-state index is 0.626. The van der Waals surface area contributed by atoms with Gasteiger partial charge in [-0.3, -0.25) is 9.20 Å². The molecule has 1 aromatic carbocycles. The van der Waals surface area contributed by atoms with Crippen molar-refractivity contribution in [1.82, 2.24) is 9.38 Å². The van der Waals surface area contributed by atoms with Gasteiger partial charge in [0.25, 0.3) is 0 Å². The SMILES string of the molecule is CCc1c(C)sc2nc(-c3ccc(OC)c(C)c3)c(C=O)n12. The molecule has 3 rings (SSSR count). The van der Waals surface area contributed by atoms with Gasteiger partial charge in [0, 0.05) is 16.1 Å².